The van der Waals surface area contributed by atoms with Gasteiger partial charge in [-0.3, -0.25) is 19.1 Å². The molecule has 0 radical (unpaired) electrons. The Kier molecular flexibility index (Phi) is 11.8. The second kappa shape index (κ2) is 17.0. The van der Waals surface area contributed by atoms with E-state index < -0.39 is 69.0 Å². The molecule has 2 aliphatic carbocycles. The molecule has 20 heteroatoms. The summed E-state index contributed by atoms with van der Waals surface area (Å²) in [4.78, 5) is 53.7. The summed E-state index contributed by atoms with van der Waals surface area (Å²) in [6, 6.07) is 8.42. The molecule has 0 unspecified atom stereocenters. The molecule has 4 heterocycles. The highest BCUT2D eigenvalue weighted by atomic mass is 35.5. The van der Waals surface area contributed by atoms with E-state index in [1.165, 1.54) is 53.8 Å². The van der Waals surface area contributed by atoms with Crippen molar-refractivity contribution in [2.24, 2.45) is 5.92 Å². The molecule has 3 amide bonds. The first kappa shape index (κ1) is 42.5. The van der Waals surface area contributed by atoms with Crippen LogP contribution in [0.15, 0.2) is 66.2 Å². The maximum atomic E-state index is 14.8. The highest BCUT2D eigenvalue weighted by Crippen LogP contribution is 2.46. The number of alkyl halides is 3. The number of allylic oxidation sites excluding steroid dienone is 1. The molecular weight excluding hydrogens is 861 g/mol. The molecule has 61 heavy (non-hydrogen) atoms. The van der Waals surface area contributed by atoms with E-state index in [-0.39, 0.29) is 31.0 Å². The van der Waals surface area contributed by atoms with Crippen LogP contribution in [-0.4, -0.2) is 90.0 Å². The van der Waals surface area contributed by atoms with E-state index in [0.29, 0.717) is 70.0 Å². The number of anilines is 1. The Bertz CT molecular complexity index is 2470. The Balaban J connectivity index is 1.09. The van der Waals surface area contributed by atoms with Gasteiger partial charge in [-0.05, 0) is 81.0 Å². The lowest BCUT2D eigenvalue weighted by Crippen LogP contribution is -2.57. The number of nitrogens with zero attached hydrogens (tertiary/aromatic N) is 3. The zero-order valence-electron chi connectivity index (χ0n) is 32.7. The van der Waals surface area contributed by atoms with Crippen molar-refractivity contribution >= 4 is 66.6 Å². The number of aromatic nitrogens is 2. The number of sulfonamides is 1. The first-order valence-corrected chi connectivity index (χ1v) is 22.7. The van der Waals surface area contributed by atoms with Gasteiger partial charge in [0.25, 0.3) is 5.91 Å². The van der Waals surface area contributed by atoms with Gasteiger partial charge < -0.3 is 29.7 Å². The molecule has 4 aromatic rings. The fourth-order valence-corrected chi connectivity index (χ4v) is 10.2. The number of pyridine rings is 1. The van der Waals surface area contributed by atoms with Crippen LogP contribution < -0.4 is 29.6 Å². The summed E-state index contributed by atoms with van der Waals surface area (Å²) in [5, 5.41) is 9.22. The van der Waals surface area contributed by atoms with E-state index in [0.717, 1.165) is 12.8 Å². The quantitative estimate of drug-likeness (QED) is 0.144. The number of rotatable bonds is 10. The van der Waals surface area contributed by atoms with Gasteiger partial charge in [0.05, 0.1) is 30.8 Å². The topological polar surface area (TPSA) is 178 Å². The smallest absolute Gasteiger partial charge is 0.494 e. The van der Waals surface area contributed by atoms with E-state index in [1.54, 1.807) is 23.6 Å². The maximum Gasteiger partial charge on any atom is 0.573 e. The van der Waals surface area contributed by atoms with E-state index in [2.05, 4.69) is 30.1 Å². The zero-order chi connectivity index (χ0) is 43.1. The molecule has 1 saturated heterocycles. The van der Waals surface area contributed by atoms with Gasteiger partial charge in [-0.2, -0.15) is 0 Å². The summed E-state index contributed by atoms with van der Waals surface area (Å²) >= 11 is 7.58. The number of methoxy groups -OCH3 is 1. The minimum Gasteiger partial charge on any atom is -0.494 e. The van der Waals surface area contributed by atoms with E-state index >= 15 is 0 Å². The third-order valence-corrected chi connectivity index (χ3v) is 14.1. The first-order chi connectivity index (χ1) is 29.1. The number of fused-ring (bicyclic) bond motifs is 3. The Morgan fingerprint density at radius 1 is 1.07 bits per heavy atom. The molecule has 2 aromatic carbocycles. The first-order valence-electron chi connectivity index (χ1n) is 19.8. The third-order valence-electron chi connectivity index (χ3n) is 11.3. The summed E-state index contributed by atoms with van der Waals surface area (Å²) in [6.45, 7) is -0.0427. The van der Waals surface area contributed by atoms with Gasteiger partial charge in [0.15, 0.2) is 5.13 Å². The normalized spacial score (nSPS) is 25.3. The largest absolute Gasteiger partial charge is 0.573 e. The number of benzene rings is 2. The third kappa shape index (κ3) is 9.52. The van der Waals surface area contributed by atoms with Crippen LogP contribution in [0, 0.1) is 5.92 Å². The van der Waals surface area contributed by atoms with Crippen molar-refractivity contribution in [2.45, 2.75) is 93.1 Å². The number of nitrogens with one attached hydrogen (secondary N) is 3. The predicted molar refractivity (Wildman–Crippen MR) is 221 cm³/mol. The number of ether oxygens (including phenoxy) is 3. The van der Waals surface area contributed by atoms with Crippen molar-refractivity contribution in [1.82, 2.24) is 24.9 Å². The fraction of sp³-hybridized carbons (Fsp3) is 0.439. The molecule has 4 aliphatic rings. The molecule has 3 fully saturated rings. The minimum absolute atomic E-state index is 0.00802. The Hall–Kier alpha value is -5.14. The molecular formula is C41H42ClF3N6O8S2. The predicted octanol–water partition coefficient (Wildman–Crippen LogP) is 6.75. The molecule has 8 rings (SSSR count). The van der Waals surface area contributed by atoms with Gasteiger partial charge >= 0.3 is 6.36 Å². The molecule has 14 nitrogen and oxygen atoms in total. The van der Waals surface area contributed by atoms with E-state index in [4.69, 9.17) is 21.1 Å². The molecule has 2 saturated carbocycles. The molecule has 5 atom stereocenters. The SMILES string of the molecule is COc1cnc(O[C@@H]2C[C@H]3C(=O)N[C@]4(C(=O)NS(=O)(=O)C5CC5)C[C@H]4/C=C\CCCCC[C@H](Nc4nc(-c5ccc(OC(F)(F)F)cc5)cs4)C(=O)N3C2)c2cc(Cl)ccc12. The van der Waals surface area contributed by atoms with Crippen molar-refractivity contribution in [3.05, 3.63) is 71.2 Å². The lowest BCUT2D eigenvalue weighted by atomic mass is 10.1. The zero-order valence-corrected chi connectivity index (χ0v) is 35.1. The molecule has 0 spiro atoms. The van der Waals surface area contributed by atoms with Crippen molar-refractivity contribution in [2.75, 3.05) is 19.0 Å². The molecule has 2 aromatic heterocycles. The van der Waals surface area contributed by atoms with Crippen molar-refractivity contribution in [3.63, 3.8) is 0 Å². The van der Waals surface area contributed by atoms with Gasteiger partial charge in [-0.15, -0.1) is 24.5 Å². The second-order valence-corrected chi connectivity index (χ2v) is 18.9. The average molecular weight is 903 g/mol. The van der Waals surface area contributed by atoms with E-state index in [9.17, 15) is 36.0 Å². The van der Waals surface area contributed by atoms with Crippen molar-refractivity contribution < 1.29 is 50.2 Å². The van der Waals surface area contributed by atoms with Crippen LogP contribution >= 0.6 is 22.9 Å². The second-order valence-electron chi connectivity index (χ2n) is 15.6. The number of carbonyl (C=O) groups is 3. The monoisotopic (exact) mass is 902 g/mol. The van der Waals surface area contributed by atoms with Crippen LogP contribution in [-0.2, 0) is 24.4 Å². The molecule has 2 aliphatic heterocycles. The van der Waals surface area contributed by atoms with E-state index in [1.807, 2.05) is 12.2 Å². The van der Waals surface area contributed by atoms with Gasteiger partial charge in [0, 0.05) is 39.1 Å². The van der Waals surface area contributed by atoms with Gasteiger partial charge in [0.2, 0.25) is 27.7 Å². The Morgan fingerprint density at radius 3 is 2.59 bits per heavy atom. The van der Waals surface area contributed by atoms with Crippen LogP contribution in [0.4, 0.5) is 18.3 Å². The standard InChI is InChI=1S/C41H42ClF3N6O8S2/c1-57-34-20-46-36(30-17-25(42)11-16-29(30)34)58-27-18-33-35(52)49-40(38(54)50-61(55,56)28-14-15-28)19-24(40)7-5-3-2-4-6-8-31(37(53)51(33)21-27)47-39-48-32(22-60-39)23-9-12-26(13-10-23)59-41(43,44)45/h5,7,9-13,16-17,20,22,24,27-28,31,33H,2-4,6,8,14-15,18-19,21H2,1H3,(H,47,48)(H,49,52)(H,50,54)/b7-5-/t24-,27-,31+,33+,40-/m1/s1. The summed E-state index contributed by atoms with van der Waals surface area (Å²) < 4.78 is 82.2. The highest BCUT2D eigenvalue weighted by molar-refractivity contribution is 7.91. The van der Waals surface area contributed by atoms with Gasteiger partial charge in [-0.1, -0.05) is 36.6 Å². The van der Waals surface area contributed by atoms with Crippen LogP contribution in [0.5, 0.6) is 17.4 Å². The Labute approximate surface area is 358 Å². The number of hydrogen-bond acceptors (Lipinski definition) is 12. The Morgan fingerprint density at radius 2 is 1.85 bits per heavy atom. The number of thiazole rings is 1. The van der Waals surface area contributed by atoms with Crippen molar-refractivity contribution in [1.29, 1.82) is 0 Å². The number of halogens is 4. The summed E-state index contributed by atoms with van der Waals surface area (Å²) in [7, 11) is -2.42. The lowest BCUT2D eigenvalue weighted by molar-refractivity contribution is -0.274. The highest BCUT2D eigenvalue weighted by Gasteiger charge is 2.62. The minimum atomic E-state index is -4.83. The number of hydrogen-bond donors (Lipinski definition) is 3. The van der Waals surface area contributed by atoms with Gasteiger partial charge in [0.1, 0.15) is 35.2 Å². The average Bonchev–Trinajstić information content (AvgIpc) is 4.10. The maximum absolute atomic E-state index is 14.8. The summed E-state index contributed by atoms with van der Waals surface area (Å²) in [5.41, 5.74) is -0.557. The fourth-order valence-electron chi connectivity index (χ4n) is 7.88. The van der Waals surface area contributed by atoms with Crippen LogP contribution in [0.2, 0.25) is 5.02 Å². The lowest BCUT2D eigenvalue weighted by Gasteiger charge is -2.29. The summed E-state index contributed by atoms with van der Waals surface area (Å²) in [6.07, 6.45) is 3.98. The number of amides is 3. The number of carbonyl (C=O) groups excluding carboxylic acids is 3. The van der Waals surface area contributed by atoms with Gasteiger partial charge in [-0.25, -0.2) is 18.4 Å². The van der Waals surface area contributed by atoms with Crippen molar-refractivity contribution in [3.8, 4) is 28.6 Å². The molecule has 0 bridgehead atoms. The molecule has 3 N–H and O–H groups in total. The van der Waals surface area contributed by atoms with Crippen LogP contribution in [0.3, 0.4) is 0 Å². The molecule has 324 valence electrons. The summed E-state index contributed by atoms with van der Waals surface area (Å²) in [5.74, 6) is -2.04. The van der Waals surface area contributed by atoms with Crippen LogP contribution in [0.1, 0.15) is 57.8 Å². The van der Waals surface area contributed by atoms with Crippen LogP contribution in [0.25, 0.3) is 22.0 Å².